The van der Waals surface area contributed by atoms with Crippen LogP contribution in [0.4, 0.5) is 5.82 Å². The zero-order valence-corrected chi connectivity index (χ0v) is 15.9. The lowest BCUT2D eigenvalue weighted by atomic mass is 10.1. The number of fused-ring (bicyclic) bond motifs is 1. The largest absolute Gasteiger partial charge is 0.478 e. The number of hydrogen-bond donors (Lipinski definition) is 1. The third-order valence-corrected chi connectivity index (χ3v) is 5.79. The fourth-order valence-corrected chi connectivity index (χ4v) is 4.10. The van der Waals surface area contributed by atoms with E-state index in [1.807, 2.05) is 6.92 Å². The molecule has 8 nitrogen and oxygen atoms in total. The summed E-state index contributed by atoms with van der Waals surface area (Å²) in [5.41, 5.74) is 3.28. The molecule has 144 valence electrons. The van der Waals surface area contributed by atoms with Crippen molar-refractivity contribution in [2.24, 2.45) is 18.9 Å². The van der Waals surface area contributed by atoms with Gasteiger partial charge in [0.25, 0.3) is 0 Å². The number of pyridine rings is 1. The van der Waals surface area contributed by atoms with Gasteiger partial charge >= 0.3 is 5.97 Å². The summed E-state index contributed by atoms with van der Waals surface area (Å²) in [6.45, 7) is 4.71. The minimum absolute atomic E-state index is 0.173. The summed E-state index contributed by atoms with van der Waals surface area (Å²) in [7, 11) is 1.79. The quantitative estimate of drug-likeness (QED) is 0.732. The van der Waals surface area contributed by atoms with E-state index in [1.54, 1.807) is 35.0 Å². The van der Waals surface area contributed by atoms with E-state index in [4.69, 9.17) is 4.98 Å². The van der Waals surface area contributed by atoms with Gasteiger partial charge in [-0.2, -0.15) is 10.2 Å². The van der Waals surface area contributed by atoms with Crippen LogP contribution in [0.15, 0.2) is 30.7 Å². The van der Waals surface area contributed by atoms with Crippen LogP contribution in [0, 0.1) is 18.8 Å². The van der Waals surface area contributed by atoms with E-state index in [1.165, 1.54) is 6.42 Å². The summed E-state index contributed by atoms with van der Waals surface area (Å²) in [6, 6.07) is 4.14. The van der Waals surface area contributed by atoms with Crippen LogP contribution >= 0.6 is 0 Å². The zero-order valence-electron chi connectivity index (χ0n) is 15.9. The van der Waals surface area contributed by atoms with E-state index in [0.717, 1.165) is 42.0 Å². The van der Waals surface area contributed by atoms with Gasteiger partial charge < -0.3 is 10.0 Å². The van der Waals surface area contributed by atoms with Crippen molar-refractivity contribution in [1.82, 2.24) is 24.5 Å². The SMILES string of the molecule is Cc1nc(N2CC3CC3C2)ccc1Cn1cc(C(=O)O)c(-c2cnn(C)c2)n1. The predicted molar refractivity (Wildman–Crippen MR) is 103 cm³/mol. The third kappa shape index (κ3) is 2.94. The van der Waals surface area contributed by atoms with E-state index >= 15 is 0 Å². The Morgan fingerprint density at radius 2 is 2.04 bits per heavy atom. The number of aromatic carboxylic acids is 1. The predicted octanol–water partition coefficient (Wildman–Crippen LogP) is 2.19. The highest BCUT2D eigenvalue weighted by molar-refractivity contribution is 5.94. The molecule has 2 aliphatic rings. The fraction of sp³-hybridized carbons (Fsp3) is 0.400. The average molecular weight is 378 g/mol. The van der Waals surface area contributed by atoms with E-state index in [0.29, 0.717) is 17.8 Å². The Kier molecular flexibility index (Phi) is 3.75. The van der Waals surface area contributed by atoms with E-state index in [2.05, 4.69) is 27.2 Å². The number of anilines is 1. The first-order valence-electron chi connectivity index (χ1n) is 9.49. The molecule has 0 radical (unpaired) electrons. The van der Waals surface area contributed by atoms with Gasteiger partial charge in [0.1, 0.15) is 17.1 Å². The molecule has 3 aromatic rings. The summed E-state index contributed by atoms with van der Waals surface area (Å²) < 4.78 is 3.30. The van der Waals surface area contributed by atoms with Gasteiger partial charge in [0.2, 0.25) is 0 Å². The summed E-state index contributed by atoms with van der Waals surface area (Å²) in [4.78, 5) is 18.8. The highest BCUT2D eigenvalue weighted by Gasteiger charge is 2.45. The van der Waals surface area contributed by atoms with Crippen molar-refractivity contribution in [3.05, 3.63) is 47.5 Å². The van der Waals surface area contributed by atoms with E-state index in [-0.39, 0.29) is 5.56 Å². The number of rotatable bonds is 5. The topological polar surface area (TPSA) is 89.1 Å². The number of aromatic nitrogens is 5. The van der Waals surface area contributed by atoms with Crippen molar-refractivity contribution in [2.75, 3.05) is 18.0 Å². The number of carbonyl (C=O) groups is 1. The van der Waals surface area contributed by atoms with Gasteiger partial charge in [-0.15, -0.1) is 0 Å². The van der Waals surface area contributed by atoms with E-state index in [9.17, 15) is 9.90 Å². The van der Waals surface area contributed by atoms with Gasteiger partial charge in [-0.05, 0) is 36.8 Å². The molecule has 8 heteroatoms. The molecular weight excluding hydrogens is 356 g/mol. The summed E-state index contributed by atoms with van der Waals surface area (Å²) >= 11 is 0. The van der Waals surface area contributed by atoms with Gasteiger partial charge in [-0.1, -0.05) is 6.07 Å². The van der Waals surface area contributed by atoms with Crippen molar-refractivity contribution in [3.63, 3.8) is 0 Å². The molecular formula is C20H22N6O2. The van der Waals surface area contributed by atoms with Crippen LogP contribution < -0.4 is 4.90 Å². The first-order chi connectivity index (χ1) is 13.5. The lowest BCUT2D eigenvalue weighted by Gasteiger charge is -2.20. The molecule has 1 saturated heterocycles. The van der Waals surface area contributed by atoms with Crippen LogP contribution in [0.25, 0.3) is 11.3 Å². The smallest absolute Gasteiger partial charge is 0.339 e. The molecule has 3 aromatic heterocycles. The van der Waals surface area contributed by atoms with Crippen LogP contribution in [-0.2, 0) is 13.6 Å². The highest BCUT2D eigenvalue weighted by atomic mass is 16.4. The van der Waals surface area contributed by atoms with Gasteiger partial charge in [0.15, 0.2) is 0 Å². The van der Waals surface area contributed by atoms with Crippen LogP contribution in [0.1, 0.15) is 28.0 Å². The molecule has 0 aromatic carbocycles. The minimum atomic E-state index is -0.997. The van der Waals surface area contributed by atoms with Crippen LogP contribution in [0.3, 0.4) is 0 Å². The standard InChI is InChI=1S/C20H22N6O2/c1-12-13(3-4-18(22-12)25-8-14-5-15(14)9-25)10-26-11-17(20(27)28)19(23-26)16-6-21-24(2)7-16/h3-4,6-7,11,14-15H,5,8-10H2,1-2H3,(H,27,28). The summed E-state index contributed by atoms with van der Waals surface area (Å²) in [5, 5.41) is 18.2. The Balaban J connectivity index is 1.40. The number of carboxylic acids is 1. The highest BCUT2D eigenvalue weighted by Crippen LogP contribution is 2.45. The van der Waals surface area contributed by atoms with E-state index < -0.39 is 5.97 Å². The number of carboxylic acid groups (broad SMARTS) is 1. The molecule has 4 heterocycles. The third-order valence-electron chi connectivity index (χ3n) is 5.79. The Hall–Kier alpha value is -3.16. The molecule has 0 bridgehead atoms. The van der Waals surface area contributed by atoms with Crippen molar-refractivity contribution in [1.29, 1.82) is 0 Å². The second kappa shape index (κ2) is 6.19. The Labute approximate surface area is 162 Å². The molecule has 1 aliphatic carbocycles. The molecule has 1 saturated carbocycles. The zero-order chi connectivity index (χ0) is 19.4. The number of nitrogens with zero attached hydrogens (tertiary/aromatic N) is 6. The van der Waals surface area contributed by atoms with Crippen LogP contribution in [0.2, 0.25) is 0 Å². The normalized spacial score (nSPS) is 20.4. The maximum absolute atomic E-state index is 11.7. The second-order valence-corrected chi connectivity index (χ2v) is 7.87. The molecule has 5 rings (SSSR count). The van der Waals surface area contributed by atoms with Gasteiger partial charge in [0, 0.05) is 43.8 Å². The summed E-state index contributed by atoms with van der Waals surface area (Å²) in [5.74, 6) is 1.77. The number of piperidine rings is 1. The van der Waals surface area contributed by atoms with Crippen LogP contribution in [-0.4, -0.2) is 48.7 Å². The number of aryl methyl sites for hydroxylation is 2. The molecule has 1 aliphatic heterocycles. The van der Waals surface area contributed by atoms with Crippen molar-refractivity contribution in [2.45, 2.75) is 19.9 Å². The van der Waals surface area contributed by atoms with Gasteiger partial charge in [0.05, 0.1) is 12.7 Å². The molecule has 1 N–H and O–H groups in total. The lowest BCUT2D eigenvalue weighted by Crippen LogP contribution is -2.23. The lowest BCUT2D eigenvalue weighted by molar-refractivity contribution is 0.0697. The maximum Gasteiger partial charge on any atom is 0.339 e. The van der Waals surface area contributed by atoms with Crippen molar-refractivity contribution in [3.8, 4) is 11.3 Å². The Morgan fingerprint density at radius 1 is 1.25 bits per heavy atom. The van der Waals surface area contributed by atoms with Crippen molar-refractivity contribution >= 4 is 11.8 Å². The number of hydrogen-bond acceptors (Lipinski definition) is 5. The van der Waals surface area contributed by atoms with Gasteiger partial charge in [-0.25, -0.2) is 9.78 Å². The maximum atomic E-state index is 11.7. The second-order valence-electron chi connectivity index (χ2n) is 7.87. The molecule has 0 amide bonds. The molecule has 2 fully saturated rings. The summed E-state index contributed by atoms with van der Waals surface area (Å²) in [6.07, 6.45) is 6.34. The first-order valence-corrected chi connectivity index (χ1v) is 9.49. The Morgan fingerprint density at radius 3 is 2.68 bits per heavy atom. The monoisotopic (exact) mass is 378 g/mol. The fourth-order valence-electron chi connectivity index (χ4n) is 4.10. The van der Waals surface area contributed by atoms with Crippen molar-refractivity contribution < 1.29 is 9.90 Å². The average Bonchev–Trinajstić information content (AvgIpc) is 3.05. The molecule has 2 unspecified atom stereocenters. The van der Waals surface area contributed by atoms with Gasteiger partial charge in [-0.3, -0.25) is 9.36 Å². The minimum Gasteiger partial charge on any atom is -0.478 e. The molecule has 28 heavy (non-hydrogen) atoms. The van der Waals surface area contributed by atoms with Crippen LogP contribution in [0.5, 0.6) is 0 Å². The Bertz CT molecular complexity index is 1060. The molecule has 0 spiro atoms. The molecule has 2 atom stereocenters. The first kappa shape index (κ1) is 17.0.